The highest BCUT2D eigenvalue weighted by atomic mass is 32.1. The standard InChI is InChI=1S/C20H25N3O2S/c1-13(2)21-11-5-4-7-15(24)14-9-10-16(25-3)19-18(14)22-20(23-19)17-8-6-12-26-17/h6,8-10,12-13,21H,4-5,7,11H2,1-3H3,(H,22,23). The third-order valence-electron chi connectivity index (χ3n) is 4.26. The number of thiophene rings is 1. The van der Waals surface area contributed by atoms with Gasteiger partial charge in [-0.1, -0.05) is 19.9 Å². The van der Waals surface area contributed by atoms with Gasteiger partial charge >= 0.3 is 0 Å². The number of carbonyl (C=O) groups is 1. The Morgan fingerprint density at radius 1 is 1.31 bits per heavy atom. The van der Waals surface area contributed by atoms with Crippen molar-refractivity contribution in [3.63, 3.8) is 0 Å². The molecule has 6 heteroatoms. The number of ether oxygens (including phenoxy) is 1. The molecule has 0 saturated heterocycles. The second-order valence-electron chi connectivity index (χ2n) is 6.59. The lowest BCUT2D eigenvalue weighted by Crippen LogP contribution is -2.23. The van der Waals surface area contributed by atoms with Gasteiger partial charge in [-0.25, -0.2) is 4.98 Å². The first-order chi connectivity index (χ1) is 12.6. The first-order valence-electron chi connectivity index (χ1n) is 8.97. The van der Waals surface area contributed by atoms with Gasteiger partial charge in [0.1, 0.15) is 22.6 Å². The molecule has 0 unspecified atom stereocenters. The molecule has 2 aromatic heterocycles. The number of hydrogen-bond acceptors (Lipinski definition) is 5. The highest BCUT2D eigenvalue weighted by molar-refractivity contribution is 7.13. The van der Waals surface area contributed by atoms with Crippen LogP contribution in [-0.2, 0) is 0 Å². The van der Waals surface area contributed by atoms with Crippen LogP contribution in [0.3, 0.4) is 0 Å². The molecule has 2 heterocycles. The molecule has 0 aliphatic heterocycles. The van der Waals surface area contributed by atoms with Crippen molar-refractivity contribution < 1.29 is 9.53 Å². The van der Waals surface area contributed by atoms with Crippen LogP contribution >= 0.6 is 11.3 Å². The third-order valence-corrected chi connectivity index (χ3v) is 5.14. The van der Waals surface area contributed by atoms with Crippen molar-refractivity contribution in [2.45, 2.75) is 39.2 Å². The molecule has 0 amide bonds. The van der Waals surface area contributed by atoms with Gasteiger partial charge in [0.05, 0.1) is 12.0 Å². The fourth-order valence-corrected chi connectivity index (χ4v) is 3.60. The summed E-state index contributed by atoms with van der Waals surface area (Å²) in [7, 11) is 1.63. The Hall–Kier alpha value is -2.18. The minimum Gasteiger partial charge on any atom is -0.494 e. The minimum atomic E-state index is 0.131. The Bertz CT molecular complexity index is 869. The Balaban J connectivity index is 1.80. The number of H-pyrrole nitrogens is 1. The molecule has 0 aliphatic rings. The van der Waals surface area contributed by atoms with Gasteiger partial charge in [-0.05, 0) is 43.0 Å². The number of nitrogens with one attached hydrogen (secondary N) is 2. The lowest BCUT2D eigenvalue weighted by atomic mass is 10.0. The normalized spacial score (nSPS) is 11.4. The van der Waals surface area contributed by atoms with Crippen LogP contribution in [-0.4, -0.2) is 35.4 Å². The zero-order valence-corrected chi connectivity index (χ0v) is 16.3. The molecule has 0 aliphatic carbocycles. The maximum Gasteiger partial charge on any atom is 0.165 e. The number of carbonyl (C=O) groups excluding carboxylic acids is 1. The van der Waals surface area contributed by atoms with E-state index in [1.165, 1.54) is 0 Å². The maximum atomic E-state index is 12.7. The highest BCUT2D eigenvalue weighted by Gasteiger charge is 2.18. The average molecular weight is 372 g/mol. The molecule has 26 heavy (non-hydrogen) atoms. The van der Waals surface area contributed by atoms with Crippen LogP contribution in [0.4, 0.5) is 0 Å². The Kier molecular flexibility index (Phi) is 6.06. The summed E-state index contributed by atoms with van der Waals surface area (Å²) < 4.78 is 5.44. The maximum absolute atomic E-state index is 12.7. The number of unbranched alkanes of at least 4 members (excludes halogenated alkanes) is 1. The van der Waals surface area contributed by atoms with Crippen molar-refractivity contribution in [3.8, 4) is 16.5 Å². The van der Waals surface area contributed by atoms with E-state index in [1.807, 2.05) is 29.6 Å². The molecule has 0 fully saturated rings. The van der Waals surface area contributed by atoms with Crippen molar-refractivity contribution in [1.29, 1.82) is 0 Å². The number of imidazole rings is 1. The lowest BCUT2D eigenvalue weighted by Gasteiger charge is -2.08. The second-order valence-corrected chi connectivity index (χ2v) is 7.54. The van der Waals surface area contributed by atoms with Gasteiger partial charge in [0.25, 0.3) is 0 Å². The zero-order chi connectivity index (χ0) is 18.5. The van der Waals surface area contributed by atoms with E-state index in [2.05, 4.69) is 24.1 Å². The second kappa shape index (κ2) is 8.47. The average Bonchev–Trinajstić information content (AvgIpc) is 3.29. The van der Waals surface area contributed by atoms with Crippen molar-refractivity contribution in [2.24, 2.45) is 0 Å². The van der Waals surface area contributed by atoms with Crippen molar-refractivity contribution in [3.05, 3.63) is 35.2 Å². The molecular formula is C20H25N3O2S. The molecule has 3 aromatic rings. The van der Waals surface area contributed by atoms with Crippen LogP contribution in [0, 0.1) is 0 Å². The summed E-state index contributed by atoms with van der Waals surface area (Å²) in [6, 6.07) is 8.15. The Morgan fingerprint density at radius 2 is 2.15 bits per heavy atom. The number of fused-ring (bicyclic) bond motifs is 1. The number of methoxy groups -OCH3 is 1. The molecule has 138 valence electrons. The molecule has 0 atom stereocenters. The van der Waals surface area contributed by atoms with E-state index in [0.29, 0.717) is 29.3 Å². The van der Waals surface area contributed by atoms with Crippen LogP contribution in [0.25, 0.3) is 21.7 Å². The van der Waals surface area contributed by atoms with E-state index in [4.69, 9.17) is 9.72 Å². The summed E-state index contributed by atoms with van der Waals surface area (Å²) in [5.41, 5.74) is 2.14. The van der Waals surface area contributed by atoms with Gasteiger partial charge in [-0.2, -0.15) is 0 Å². The predicted molar refractivity (Wildman–Crippen MR) is 107 cm³/mol. The largest absolute Gasteiger partial charge is 0.494 e. The monoisotopic (exact) mass is 371 g/mol. The van der Waals surface area contributed by atoms with Crippen LogP contribution < -0.4 is 10.1 Å². The highest BCUT2D eigenvalue weighted by Crippen LogP contribution is 2.32. The molecular weight excluding hydrogens is 346 g/mol. The zero-order valence-electron chi connectivity index (χ0n) is 15.5. The van der Waals surface area contributed by atoms with Gasteiger partial charge in [0, 0.05) is 18.0 Å². The van der Waals surface area contributed by atoms with E-state index in [0.717, 1.165) is 35.6 Å². The van der Waals surface area contributed by atoms with Crippen molar-refractivity contribution >= 4 is 28.2 Å². The summed E-state index contributed by atoms with van der Waals surface area (Å²) in [4.78, 5) is 21.8. The Labute approximate surface area is 157 Å². The summed E-state index contributed by atoms with van der Waals surface area (Å²) in [6.07, 6.45) is 2.39. The summed E-state index contributed by atoms with van der Waals surface area (Å²) in [5, 5.41) is 5.39. The lowest BCUT2D eigenvalue weighted by molar-refractivity contribution is 0.0981. The molecule has 0 spiro atoms. The first-order valence-corrected chi connectivity index (χ1v) is 9.85. The number of nitrogens with zero attached hydrogens (tertiary/aromatic N) is 1. The Morgan fingerprint density at radius 3 is 2.85 bits per heavy atom. The number of aromatic amines is 1. The van der Waals surface area contributed by atoms with Gasteiger partial charge in [0.2, 0.25) is 0 Å². The van der Waals surface area contributed by atoms with Gasteiger partial charge in [-0.15, -0.1) is 11.3 Å². The van der Waals surface area contributed by atoms with Gasteiger partial charge in [-0.3, -0.25) is 4.79 Å². The van der Waals surface area contributed by atoms with E-state index in [1.54, 1.807) is 18.4 Å². The molecule has 0 bridgehead atoms. The number of aromatic nitrogens is 2. The van der Waals surface area contributed by atoms with Crippen molar-refractivity contribution in [1.82, 2.24) is 15.3 Å². The molecule has 0 radical (unpaired) electrons. The minimum absolute atomic E-state index is 0.131. The third kappa shape index (κ3) is 4.14. The van der Waals surface area contributed by atoms with E-state index < -0.39 is 0 Å². The molecule has 0 saturated carbocycles. The van der Waals surface area contributed by atoms with E-state index in [-0.39, 0.29) is 5.78 Å². The number of ketones is 1. The van der Waals surface area contributed by atoms with E-state index >= 15 is 0 Å². The van der Waals surface area contributed by atoms with E-state index in [9.17, 15) is 4.79 Å². The number of rotatable bonds is 9. The number of benzene rings is 1. The van der Waals surface area contributed by atoms with Crippen LogP contribution in [0.15, 0.2) is 29.6 Å². The van der Waals surface area contributed by atoms with Crippen molar-refractivity contribution in [2.75, 3.05) is 13.7 Å². The van der Waals surface area contributed by atoms with Gasteiger partial charge < -0.3 is 15.0 Å². The molecule has 3 rings (SSSR count). The smallest absolute Gasteiger partial charge is 0.165 e. The fourth-order valence-electron chi connectivity index (χ4n) is 2.93. The predicted octanol–water partition coefficient (Wildman–Crippen LogP) is 4.65. The molecule has 1 aromatic carbocycles. The topological polar surface area (TPSA) is 67.0 Å². The van der Waals surface area contributed by atoms with Crippen LogP contribution in [0.5, 0.6) is 5.75 Å². The number of hydrogen-bond donors (Lipinski definition) is 2. The quantitative estimate of drug-likeness (QED) is 0.424. The molecule has 2 N–H and O–H groups in total. The number of Topliss-reactive ketones (excluding diaryl/α,β-unsaturated/α-hetero) is 1. The van der Waals surface area contributed by atoms with Gasteiger partial charge in [0.15, 0.2) is 5.78 Å². The summed E-state index contributed by atoms with van der Waals surface area (Å²) in [5.74, 6) is 1.61. The van der Waals surface area contributed by atoms with Crippen LogP contribution in [0.1, 0.15) is 43.5 Å². The van der Waals surface area contributed by atoms with Crippen LogP contribution in [0.2, 0.25) is 0 Å². The summed E-state index contributed by atoms with van der Waals surface area (Å²) >= 11 is 1.61. The fraction of sp³-hybridized carbons (Fsp3) is 0.400. The molecule has 5 nitrogen and oxygen atoms in total. The first kappa shape index (κ1) is 18.6. The summed E-state index contributed by atoms with van der Waals surface area (Å²) in [6.45, 7) is 5.19. The SMILES string of the molecule is COc1ccc(C(=O)CCCCNC(C)C)c2nc(-c3cccs3)[nH]c12.